The SMILES string of the molecule is COc1ccc(N)cc1C(=O)Nc1cc(Cl)cc(Cl)c1. The third-order valence-corrected chi connectivity index (χ3v) is 3.03. The summed E-state index contributed by atoms with van der Waals surface area (Å²) in [5.74, 6) is 0.0808. The fourth-order valence-corrected chi connectivity index (χ4v) is 2.25. The van der Waals surface area contributed by atoms with Gasteiger partial charge >= 0.3 is 0 Å². The third-order valence-electron chi connectivity index (χ3n) is 2.59. The van der Waals surface area contributed by atoms with Crippen LogP contribution in [-0.2, 0) is 0 Å². The lowest BCUT2D eigenvalue weighted by Crippen LogP contribution is -2.13. The van der Waals surface area contributed by atoms with Gasteiger partial charge in [0.15, 0.2) is 0 Å². The van der Waals surface area contributed by atoms with E-state index in [1.165, 1.54) is 7.11 Å². The predicted octanol–water partition coefficient (Wildman–Crippen LogP) is 3.84. The summed E-state index contributed by atoms with van der Waals surface area (Å²) in [6, 6.07) is 9.62. The number of nitrogens with one attached hydrogen (secondary N) is 1. The Labute approximate surface area is 126 Å². The molecule has 0 unspecified atom stereocenters. The Morgan fingerprint density at radius 3 is 2.40 bits per heavy atom. The lowest BCUT2D eigenvalue weighted by atomic mass is 10.1. The highest BCUT2D eigenvalue weighted by atomic mass is 35.5. The van der Waals surface area contributed by atoms with E-state index >= 15 is 0 Å². The van der Waals surface area contributed by atoms with E-state index in [-0.39, 0.29) is 5.91 Å². The quantitative estimate of drug-likeness (QED) is 0.847. The van der Waals surface area contributed by atoms with Crippen LogP contribution in [0.1, 0.15) is 10.4 Å². The average Bonchev–Trinajstić information content (AvgIpc) is 2.37. The second-order valence-electron chi connectivity index (χ2n) is 4.07. The van der Waals surface area contributed by atoms with Crippen molar-refractivity contribution in [2.45, 2.75) is 0 Å². The molecular weight excluding hydrogens is 299 g/mol. The molecule has 2 rings (SSSR count). The molecule has 0 aliphatic carbocycles. The zero-order valence-electron chi connectivity index (χ0n) is 10.6. The number of benzene rings is 2. The first-order valence-electron chi connectivity index (χ1n) is 5.70. The van der Waals surface area contributed by atoms with Crippen molar-refractivity contribution in [1.29, 1.82) is 0 Å². The molecule has 0 fully saturated rings. The van der Waals surface area contributed by atoms with E-state index in [0.29, 0.717) is 32.7 Å². The van der Waals surface area contributed by atoms with E-state index in [9.17, 15) is 4.79 Å². The van der Waals surface area contributed by atoms with Gasteiger partial charge in [-0.2, -0.15) is 0 Å². The second-order valence-corrected chi connectivity index (χ2v) is 4.94. The first-order chi connectivity index (χ1) is 9.49. The minimum absolute atomic E-state index is 0.337. The number of rotatable bonds is 3. The number of anilines is 2. The van der Waals surface area contributed by atoms with Crippen LogP contribution in [0.3, 0.4) is 0 Å². The summed E-state index contributed by atoms with van der Waals surface area (Å²) in [6.45, 7) is 0. The normalized spacial score (nSPS) is 10.2. The molecular formula is C14H12Cl2N2O2. The molecule has 3 N–H and O–H groups in total. The average molecular weight is 311 g/mol. The Morgan fingerprint density at radius 2 is 1.80 bits per heavy atom. The maximum atomic E-state index is 12.2. The highest BCUT2D eigenvalue weighted by molar-refractivity contribution is 6.35. The van der Waals surface area contributed by atoms with E-state index in [1.54, 1.807) is 36.4 Å². The maximum Gasteiger partial charge on any atom is 0.259 e. The molecule has 0 spiro atoms. The molecule has 0 heterocycles. The molecule has 0 radical (unpaired) electrons. The van der Waals surface area contributed by atoms with Gasteiger partial charge < -0.3 is 15.8 Å². The van der Waals surface area contributed by atoms with E-state index < -0.39 is 0 Å². The van der Waals surface area contributed by atoms with Gasteiger partial charge in [0, 0.05) is 21.4 Å². The van der Waals surface area contributed by atoms with Crippen LogP contribution in [0.25, 0.3) is 0 Å². The Hall–Kier alpha value is -1.91. The van der Waals surface area contributed by atoms with Gasteiger partial charge in [0.1, 0.15) is 5.75 Å². The number of nitrogen functional groups attached to an aromatic ring is 1. The topological polar surface area (TPSA) is 64.3 Å². The van der Waals surface area contributed by atoms with Crippen molar-refractivity contribution >= 4 is 40.5 Å². The fourth-order valence-electron chi connectivity index (χ4n) is 1.73. The molecule has 0 aliphatic rings. The summed E-state index contributed by atoms with van der Waals surface area (Å²) >= 11 is 11.8. The summed E-state index contributed by atoms with van der Waals surface area (Å²) in [4.78, 5) is 12.2. The molecule has 1 amide bonds. The molecule has 0 bridgehead atoms. The molecule has 0 atom stereocenters. The van der Waals surface area contributed by atoms with E-state index in [1.807, 2.05) is 0 Å². The van der Waals surface area contributed by atoms with Crippen LogP contribution in [-0.4, -0.2) is 13.0 Å². The Balaban J connectivity index is 2.30. The Bertz CT molecular complexity index is 639. The van der Waals surface area contributed by atoms with Crippen LogP contribution in [0.2, 0.25) is 10.0 Å². The van der Waals surface area contributed by atoms with Gasteiger partial charge in [-0.1, -0.05) is 23.2 Å². The molecule has 0 aromatic heterocycles. The van der Waals surface area contributed by atoms with Crippen LogP contribution >= 0.6 is 23.2 Å². The van der Waals surface area contributed by atoms with Gasteiger partial charge in [-0.25, -0.2) is 0 Å². The highest BCUT2D eigenvalue weighted by Crippen LogP contribution is 2.25. The summed E-state index contributed by atoms with van der Waals surface area (Å²) in [6.07, 6.45) is 0. The molecule has 0 aliphatic heterocycles. The monoisotopic (exact) mass is 310 g/mol. The summed E-state index contributed by atoms with van der Waals surface area (Å²) in [7, 11) is 1.48. The molecule has 2 aromatic carbocycles. The van der Waals surface area contributed by atoms with Crippen molar-refractivity contribution < 1.29 is 9.53 Å². The maximum absolute atomic E-state index is 12.2. The van der Waals surface area contributed by atoms with Crippen LogP contribution < -0.4 is 15.8 Å². The standard InChI is InChI=1S/C14H12Cl2N2O2/c1-20-13-3-2-10(17)7-12(13)14(19)18-11-5-8(15)4-9(16)6-11/h2-7H,17H2,1H3,(H,18,19). The van der Waals surface area contributed by atoms with Crippen LogP contribution in [0.4, 0.5) is 11.4 Å². The van der Waals surface area contributed by atoms with Gasteiger partial charge in [0.05, 0.1) is 12.7 Å². The van der Waals surface area contributed by atoms with Crippen molar-refractivity contribution in [2.24, 2.45) is 0 Å². The summed E-state index contributed by atoms with van der Waals surface area (Å²) < 4.78 is 5.14. The van der Waals surface area contributed by atoms with Gasteiger partial charge in [-0.3, -0.25) is 4.79 Å². The molecule has 0 saturated heterocycles. The number of carbonyl (C=O) groups excluding carboxylic acids is 1. The lowest BCUT2D eigenvalue weighted by molar-refractivity contribution is 0.102. The molecule has 6 heteroatoms. The minimum atomic E-state index is -0.354. The highest BCUT2D eigenvalue weighted by Gasteiger charge is 2.13. The number of hydrogen-bond acceptors (Lipinski definition) is 3. The predicted molar refractivity (Wildman–Crippen MR) is 81.8 cm³/mol. The van der Waals surface area contributed by atoms with Crippen LogP contribution in [0.5, 0.6) is 5.75 Å². The van der Waals surface area contributed by atoms with Crippen molar-refractivity contribution in [2.75, 3.05) is 18.2 Å². The third kappa shape index (κ3) is 3.35. The van der Waals surface area contributed by atoms with E-state index in [4.69, 9.17) is 33.7 Å². The van der Waals surface area contributed by atoms with E-state index in [0.717, 1.165) is 0 Å². The number of methoxy groups -OCH3 is 1. The fraction of sp³-hybridized carbons (Fsp3) is 0.0714. The number of nitrogens with two attached hydrogens (primary N) is 1. The molecule has 20 heavy (non-hydrogen) atoms. The smallest absolute Gasteiger partial charge is 0.259 e. The zero-order valence-corrected chi connectivity index (χ0v) is 12.1. The first kappa shape index (κ1) is 14.5. The van der Waals surface area contributed by atoms with Gasteiger partial charge in [-0.05, 0) is 36.4 Å². The Morgan fingerprint density at radius 1 is 1.15 bits per heavy atom. The van der Waals surface area contributed by atoms with Crippen molar-refractivity contribution in [3.63, 3.8) is 0 Å². The molecule has 104 valence electrons. The number of amides is 1. The largest absolute Gasteiger partial charge is 0.496 e. The number of carbonyl (C=O) groups is 1. The van der Waals surface area contributed by atoms with Gasteiger partial charge in [0.2, 0.25) is 0 Å². The van der Waals surface area contributed by atoms with Crippen molar-refractivity contribution in [3.8, 4) is 5.75 Å². The number of halogens is 2. The van der Waals surface area contributed by atoms with E-state index in [2.05, 4.69) is 5.32 Å². The Kier molecular flexibility index (Phi) is 4.37. The minimum Gasteiger partial charge on any atom is -0.496 e. The first-order valence-corrected chi connectivity index (χ1v) is 6.46. The molecule has 2 aromatic rings. The number of hydrogen-bond donors (Lipinski definition) is 2. The summed E-state index contributed by atoms with van der Waals surface area (Å²) in [5.41, 5.74) is 6.99. The summed E-state index contributed by atoms with van der Waals surface area (Å²) in [5, 5.41) is 3.57. The molecule has 4 nitrogen and oxygen atoms in total. The zero-order chi connectivity index (χ0) is 14.7. The van der Waals surface area contributed by atoms with Crippen LogP contribution in [0.15, 0.2) is 36.4 Å². The van der Waals surface area contributed by atoms with Crippen molar-refractivity contribution in [1.82, 2.24) is 0 Å². The second kappa shape index (κ2) is 6.03. The number of ether oxygens (including phenoxy) is 1. The van der Waals surface area contributed by atoms with Crippen molar-refractivity contribution in [3.05, 3.63) is 52.0 Å². The van der Waals surface area contributed by atoms with Crippen LogP contribution in [0, 0.1) is 0 Å². The molecule has 0 saturated carbocycles. The van der Waals surface area contributed by atoms with Gasteiger partial charge in [-0.15, -0.1) is 0 Å². The lowest BCUT2D eigenvalue weighted by Gasteiger charge is -2.10. The van der Waals surface area contributed by atoms with Gasteiger partial charge in [0.25, 0.3) is 5.91 Å².